The van der Waals surface area contributed by atoms with E-state index in [2.05, 4.69) is 15.3 Å². The minimum absolute atomic E-state index is 0.0329. The highest BCUT2D eigenvalue weighted by Gasteiger charge is 2.38. The summed E-state index contributed by atoms with van der Waals surface area (Å²) in [6.45, 7) is 3.72. The molecule has 1 aliphatic heterocycles. The van der Waals surface area contributed by atoms with Crippen LogP contribution in [-0.4, -0.2) is 47.7 Å². The lowest BCUT2D eigenvalue weighted by Gasteiger charge is -2.40. The van der Waals surface area contributed by atoms with Gasteiger partial charge in [0.15, 0.2) is 12.5 Å². The molecular formula is C29H30F6N4O5. The number of ether oxygens (including phenoxy) is 3. The molecule has 0 saturated heterocycles. The van der Waals surface area contributed by atoms with Crippen molar-refractivity contribution in [3.05, 3.63) is 70.5 Å². The Bertz CT molecular complexity index is 1450. The second-order valence-corrected chi connectivity index (χ2v) is 9.95. The number of nitrogens with one attached hydrogen (secondary N) is 1. The number of anilines is 2. The van der Waals surface area contributed by atoms with Crippen molar-refractivity contribution in [2.24, 2.45) is 0 Å². The van der Waals surface area contributed by atoms with Crippen molar-refractivity contribution in [2.45, 2.75) is 57.5 Å². The Morgan fingerprint density at radius 1 is 1.07 bits per heavy atom. The van der Waals surface area contributed by atoms with E-state index in [9.17, 15) is 36.2 Å². The summed E-state index contributed by atoms with van der Waals surface area (Å²) in [6.07, 6.45) is -9.21. The smallest absolute Gasteiger partial charge is 0.416 e. The number of hydrogen-bond donors (Lipinski definition) is 2. The summed E-state index contributed by atoms with van der Waals surface area (Å²) in [5, 5.41) is 13.5. The monoisotopic (exact) mass is 628 g/mol. The van der Waals surface area contributed by atoms with Gasteiger partial charge in [0, 0.05) is 25.1 Å². The highest BCUT2D eigenvalue weighted by Crippen LogP contribution is 2.42. The van der Waals surface area contributed by atoms with Crippen LogP contribution < -0.4 is 15.0 Å². The molecule has 1 aliphatic rings. The SMILES string of the molecule is CCOC(=O)N1c2ccc(OCOC)cc2[C@@H](Nc2ncc(O)c(Cc3cc(C(F)(F)F)cc(C(F)(F)F)c3)n2)C[C@H]1CC. The van der Waals surface area contributed by atoms with Crippen LogP contribution in [0.15, 0.2) is 42.6 Å². The number of rotatable bonds is 9. The molecule has 0 bridgehead atoms. The van der Waals surface area contributed by atoms with Crippen LogP contribution in [0.5, 0.6) is 11.5 Å². The molecule has 2 N–H and O–H groups in total. The van der Waals surface area contributed by atoms with Crippen molar-refractivity contribution >= 4 is 17.7 Å². The van der Waals surface area contributed by atoms with E-state index in [1.807, 2.05) is 6.92 Å². The first-order chi connectivity index (χ1) is 20.7. The fourth-order valence-corrected chi connectivity index (χ4v) is 4.96. The number of benzene rings is 2. The Balaban J connectivity index is 1.70. The number of alkyl halides is 6. The van der Waals surface area contributed by atoms with E-state index in [0.29, 0.717) is 42.0 Å². The summed E-state index contributed by atoms with van der Waals surface area (Å²) in [6, 6.07) is 5.43. The second-order valence-electron chi connectivity index (χ2n) is 9.95. The number of aromatic hydroxyl groups is 1. The van der Waals surface area contributed by atoms with Crippen molar-refractivity contribution in [3.63, 3.8) is 0 Å². The van der Waals surface area contributed by atoms with Gasteiger partial charge in [-0.1, -0.05) is 6.92 Å². The third kappa shape index (κ3) is 7.44. The van der Waals surface area contributed by atoms with E-state index in [1.54, 1.807) is 30.0 Å². The number of halogens is 6. The van der Waals surface area contributed by atoms with Gasteiger partial charge in [-0.25, -0.2) is 14.8 Å². The van der Waals surface area contributed by atoms with Crippen molar-refractivity contribution < 1.29 is 50.5 Å². The molecule has 9 nitrogen and oxygen atoms in total. The average molecular weight is 629 g/mol. The highest BCUT2D eigenvalue weighted by molar-refractivity contribution is 5.90. The first-order valence-corrected chi connectivity index (χ1v) is 13.6. The number of carbonyl (C=O) groups is 1. The van der Waals surface area contributed by atoms with Crippen LogP contribution in [0.25, 0.3) is 0 Å². The Labute approximate surface area is 248 Å². The summed E-state index contributed by atoms with van der Waals surface area (Å²) in [5.41, 5.74) is -2.35. The summed E-state index contributed by atoms with van der Waals surface area (Å²) < 4.78 is 96.1. The van der Waals surface area contributed by atoms with Crippen LogP contribution in [0.2, 0.25) is 0 Å². The third-order valence-corrected chi connectivity index (χ3v) is 6.95. The van der Waals surface area contributed by atoms with Crippen molar-refractivity contribution in [2.75, 3.05) is 30.7 Å². The lowest BCUT2D eigenvalue weighted by molar-refractivity contribution is -0.143. The van der Waals surface area contributed by atoms with Crippen LogP contribution >= 0.6 is 0 Å². The molecule has 1 aromatic heterocycles. The first-order valence-electron chi connectivity index (χ1n) is 13.6. The zero-order chi connectivity index (χ0) is 32.2. The molecule has 1 amide bonds. The highest BCUT2D eigenvalue weighted by atomic mass is 19.4. The van der Waals surface area contributed by atoms with Crippen molar-refractivity contribution in [1.82, 2.24) is 9.97 Å². The zero-order valence-corrected chi connectivity index (χ0v) is 23.9. The molecule has 0 spiro atoms. The third-order valence-electron chi connectivity index (χ3n) is 6.95. The van der Waals surface area contributed by atoms with E-state index < -0.39 is 47.8 Å². The zero-order valence-electron chi connectivity index (χ0n) is 23.9. The van der Waals surface area contributed by atoms with E-state index in [0.717, 1.165) is 6.20 Å². The first kappa shape index (κ1) is 32.6. The fraction of sp³-hybridized carbons (Fsp3) is 0.414. The van der Waals surface area contributed by atoms with Gasteiger partial charge in [0.25, 0.3) is 0 Å². The Kier molecular flexibility index (Phi) is 9.76. The van der Waals surface area contributed by atoms with Crippen LogP contribution in [0.3, 0.4) is 0 Å². The second kappa shape index (κ2) is 13.2. The predicted octanol–water partition coefficient (Wildman–Crippen LogP) is 7.09. The van der Waals surface area contributed by atoms with Crippen molar-refractivity contribution in [3.8, 4) is 11.5 Å². The van der Waals surface area contributed by atoms with Gasteiger partial charge in [-0.05, 0) is 61.7 Å². The van der Waals surface area contributed by atoms with Gasteiger partial charge in [-0.2, -0.15) is 26.3 Å². The summed E-state index contributed by atoms with van der Waals surface area (Å²) >= 11 is 0. The maximum absolute atomic E-state index is 13.4. The van der Waals surface area contributed by atoms with Gasteiger partial charge < -0.3 is 24.6 Å². The Hall–Kier alpha value is -4.27. The number of aromatic nitrogens is 2. The molecule has 0 saturated carbocycles. The summed E-state index contributed by atoms with van der Waals surface area (Å²) in [5.74, 6) is -0.117. The standard InChI is InChI=1S/C29H30F6N4O5/c1-4-19-12-22(21-13-20(44-15-42-3)6-7-24(21)39(19)27(41)43-5-2)37-26-36-14-25(40)23(38-26)10-16-8-17(28(30,31)32)11-18(9-16)29(33,34)35/h6-9,11,13-14,19,22,40H,4-5,10,12,15H2,1-3H3,(H,36,37,38)/t19-,22+/m1/s1. The molecule has 44 heavy (non-hydrogen) atoms. The maximum atomic E-state index is 13.4. The van der Waals surface area contributed by atoms with Gasteiger partial charge in [0.05, 0.1) is 41.4 Å². The quantitative estimate of drug-likeness (QED) is 0.191. The molecule has 0 aliphatic carbocycles. The lowest BCUT2D eigenvalue weighted by Crippen LogP contribution is -2.46. The lowest BCUT2D eigenvalue weighted by atomic mass is 9.90. The number of carbonyl (C=O) groups excluding carboxylic acids is 1. The summed E-state index contributed by atoms with van der Waals surface area (Å²) in [4.78, 5) is 22.8. The predicted molar refractivity (Wildman–Crippen MR) is 146 cm³/mol. The van der Waals surface area contributed by atoms with Gasteiger partial charge in [-0.15, -0.1) is 0 Å². The maximum Gasteiger partial charge on any atom is 0.416 e. The van der Waals surface area contributed by atoms with Crippen LogP contribution in [-0.2, 0) is 28.2 Å². The molecule has 2 atom stereocenters. The Morgan fingerprint density at radius 2 is 1.75 bits per heavy atom. The number of hydrogen-bond acceptors (Lipinski definition) is 8. The van der Waals surface area contributed by atoms with E-state index in [-0.39, 0.29) is 42.7 Å². The fourth-order valence-electron chi connectivity index (χ4n) is 4.96. The molecule has 0 radical (unpaired) electrons. The molecular weight excluding hydrogens is 598 g/mol. The molecule has 2 aromatic carbocycles. The number of nitrogens with zero attached hydrogens (tertiary/aromatic N) is 3. The van der Waals surface area contributed by atoms with E-state index in [4.69, 9.17) is 14.2 Å². The largest absolute Gasteiger partial charge is 0.504 e. The topological polar surface area (TPSA) is 106 Å². The molecule has 3 aromatic rings. The van der Waals surface area contributed by atoms with Crippen LogP contribution in [0.4, 0.5) is 42.8 Å². The molecule has 2 heterocycles. The number of methoxy groups -OCH3 is 1. The number of fused-ring (bicyclic) bond motifs is 1. The summed E-state index contributed by atoms with van der Waals surface area (Å²) in [7, 11) is 1.46. The Morgan fingerprint density at radius 3 is 2.34 bits per heavy atom. The minimum Gasteiger partial charge on any atom is -0.504 e. The number of amides is 1. The van der Waals surface area contributed by atoms with Crippen LogP contribution in [0.1, 0.15) is 60.7 Å². The van der Waals surface area contributed by atoms with E-state index in [1.165, 1.54) is 7.11 Å². The van der Waals surface area contributed by atoms with Gasteiger partial charge in [0.1, 0.15) is 5.75 Å². The van der Waals surface area contributed by atoms with Crippen LogP contribution in [0, 0.1) is 0 Å². The molecule has 0 fully saturated rings. The molecule has 15 heteroatoms. The van der Waals surface area contributed by atoms with Crippen molar-refractivity contribution in [1.29, 1.82) is 0 Å². The molecule has 0 unspecified atom stereocenters. The van der Waals surface area contributed by atoms with Gasteiger partial charge >= 0.3 is 18.4 Å². The molecule has 238 valence electrons. The van der Waals surface area contributed by atoms with Gasteiger partial charge in [0.2, 0.25) is 5.95 Å². The van der Waals surface area contributed by atoms with E-state index >= 15 is 0 Å². The normalized spacial score (nSPS) is 16.8. The average Bonchev–Trinajstić information content (AvgIpc) is 2.96. The minimum atomic E-state index is -5.02. The van der Waals surface area contributed by atoms with Gasteiger partial charge in [-0.3, -0.25) is 4.90 Å². The molecule has 4 rings (SSSR count).